The van der Waals surface area contributed by atoms with Crippen LogP contribution < -0.4 is 10.5 Å². The number of hydrogen-bond acceptors (Lipinski definition) is 2. The van der Waals surface area contributed by atoms with E-state index in [2.05, 4.69) is 0 Å². The fraction of sp³-hybridized carbons (Fsp3) is 0.400. The predicted molar refractivity (Wildman–Crippen MR) is 55.3 cm³/mol. The molecule has 1 aliphatic rings. The molecule has 1 aromatic carbocycles. The predicted octanol–water partition coefficient (Wildman–Crippen LogP) is 2.06. The monoisotopic (exact) mass is 199 g/mol. The molecule has 13 heavy (non-hydrogen) atoms. The smallest absolute Gasteiger partial charge is 0.123 e. The number of ether oxygens (including phenoxy) is 1. The summed E-state index contributed by atoms with van der Waals surface area (Å²) in [7, 11) is 1.69. The van der Waals surface area contributed by atoms with E-state index in [-0.39, 0.29) is 17.9 Å². The van der Waals surface area contributed by atoms with E-state index in [1.807, 2.05) is 24.3 Å². The van der Waals surface area contributed by atoms with Crippen LogP contribution in [-0.4, -0.2) is 7.11 Å². The SMILES string of the molecule is COc1ccccc1C1(N)CC1.Cl. The molecule has 3 heteroatoms. The Morgan fingerprint density at radius 3 is 2.46 bits per heavy atom. The van der Waals surface area contributed by atoms with Gasteiger partial charge >= 0.3 is 0 Å². The van der Waals surface area contributed by atoms with Crippen LogP contribution in [0.25, 0.3) is 0 Å². The van der Waals surface area contributed by atoms with Crippen LogP contribution in [0.3, 0.4) is 0 Å². The first-order chi connectivity index (χ1) is 5.76. The lowest BCUT2D eigenvalue weighted by Crippen LogP contribution is -2.19. The zero-order valence-electron chi connectivity index (χ0n) is 7.62. The molecule has 1 aliphatic carbocycles. The quantitative estimate of drug-likeness (QED) is 0.792. The summed E-state index contributed by atoms with van der Waals surface area (Å²) in [5.74, 6) is 0.914. The average Bonchev–Trinajstić information content (AvgIpc) is 2.85. The van der Waals surface area contributed by atoms with E-state index in [1.54, 1.807) is 7.11 Å². The molecule has 1 fully saturated rings. The molecule has 2 rings (SSSR count). The Hall–Kier alpha value is -0.730. The highest BCUT2D eigenvalue weighted by Crippen LogP contribution is 2.46. The van der Waals surface area contributed by atoms with Gasteiger partial charge in [0, 0.05) is 11.1 Å². The van der Waals surface area contributed by atoms with Gasteiger partial charge < -0.3 is 10.5 Å². The Morgan fingerprint density at radius 2 is 1.92 bits per heavy atom. The lowest BCUT2D eigenvalue weighted by molar-refractivity contribution is 0.404. The summed E-state index contributed by atoms with van der Waals surface area (Å²) >= 11 is 0. The summed E-state index contributed by atoms with van der Waals surface area (Å²) in [6.45, 7) is 0. The first-order valence-electron chi connectivity index (χ1n) is 4.19. The third kappa shape index (κ3) is 1.79. The topological polar surface area (TPSA) is 35.2 Å². The van der Waals surface area contributed by atoms with E-state index in [1.165, 1.54) is 0 Å². The van der Waals surface area contributed by atoms with E-state index in [4.69, 9.17) is 10.5 Å². The van der Waals surface area contributed by atoms with Crippen molar-refractivity contribution in [3.63, 3.8) is 0 Å². The van der Waals surface area contributed by atoms with Gasteiger partial charge in [-0.3, -0.25) is 0 Å². The largest absolute Gasteiger partial charge is 0.496 e. The number of rotatable bonds is 2. The summed E-state index contributed by atoms with van der Waals surface area (Å²) in [6.07, 6.45) is 2.15. The minimum atomic E-state index is -0.0907. The molecule has 0 bridgehead atoms. The van der Waals surface area contributed by atoms with Gasteiger partial charge in [0.1, 0.15) is 5.75 Å². The van der Waals surface area contributed by atoms with Gasteiger partial charge in [-0.15, -0.1) is 12.4 Å². The molecule has 0 spiro atoms. The summed E-state index contributed by atoms with van der Waals surface area (Å²) in [6, 6.07) is 7.98. The number of methoxy groups -OCH3 is 1. The van der Waals surface area contributed by atoms with Crippen LogP contribution in [0.5, 0.6) is 5.75 Å². The van der Waals surface area contributed by atoms with Gasteiger partial charge in [0.05, 0.1) is 7.11 Å². The van der Waals surface area contributed by atoms with Crippen molar-refractivity contribution in [1.82, 2.24) is 0 Å². The fourth-order valence-corrected chi connectivity index (χ4v) is 1.46. The third-order valence-electron chi connectivity index (χ3n) is 2.43. The highest BCUT2D eigenvalue weighted by atomic mass is 35.5. The number of para-hydroxylation sites is 1. The second-order valence-electron chi connectivity index (χ2n) is 3.36. The molecule has 0 saturated heterocycles. The first-order valence-corrected chi connectivity index (χ1v) is 4.19. The minimum absolute atomic E-state index is 0. The number of nitrogens with two attached hydrogens (primary N) is 1. The second kappa shape index (κ2) is 3.56. The Bertz CT molecular complexity index is 297. The van der Waals surface area contributed by atoms with Crippen molar-refractivity contribution in [3.8, 4) is 5.75 Å². The molecule has 0 amide bonds. The lowest BCUT2D eigenvalue weighted by atomic mass is 10.1. The Balaban J connectivity index is 0.000000845. The molecule has 2 nitrogen and oxygen atoms in total. The van der Waals surface area contributed by atoms with E-state index in [0.29, 0.717) is 0 Å². The van der Waals surface area contributed by atoms with Crippen molar-refractivity contribution in [2.24, 2.45) is 5.73 Å². The van der Waals surface area contributed by atoms with Crippen molar-refractivity contribution >= 4 is 12.4 Å². The molecule has 1 saturated carbocycles. The van der Waals surface area contributed by atoms with Gasteiger partial charge in [0.2, 0.25) is 0 Å². The molecule has 0 atom stereocenters. The molecular weight excluding hydrogens is 186 g/mol. The Labute approximate surface area is 84.5 Å². The number of benzene rings is 1. The van der Waals surface area contributed by atoms with Gasteiger partial charge in [0.15, 0.2) is 0 Å². The summed E-state index contributed by atoms with van der Waals surface area (Å²) in [4.78, 5) is 0. The van der Waals surface area contributed by atoms with Gasteiger partial charge in [-0.25, -0.2) is 0 Å². The molecule has 0 heterocycles. The molecule has 1 aromatic rings. The summed E-state index contributed by atoms with van der Waals surface area (Å²) in [5.41, 5.74) is 7.12. The molecule has 0 radical (unpaired) electrons. The highest BCUT2D eigenvalue weighted by Gasteiger charge is 2.41. The molecule has 0 unspecified atom stereocenters. The van der Waals surface area contributed by atoms with E-state index >= 15 is 0 Å². The number of hydrogen-bond donors (Lipinski definition) is 1. The van der Waals surface area contributed by atoms with Crippen LogP contribution in [0.4, 0.5) is 0 Å². The molecule has 0 aromatic heterocycles. The summed E-state index contributed by atoms with van der Waals surface area (Å²) in [5, 5.41) is 0. The van der Waals surface area contributed by atoms with Crippen LogP contribution in [0.1, 0.15) is 18.4 Å². The fourth-order valence-electron chi connectivity index (χ4n) is 1.46. The molecule has 2 N–H and O–H groups in total. The van der Waals surface area contributed by atoms with Crippen molar-refractivity contribution in [2.75, 3.05) is 7.11 Å². The highest BCUT2D eigenvalue weighted by molar-refractivity contribution is 5.85. The van der Waals surface area contributed by atoms with Gasteiger partial charge in [0.25, 0.3) is 0 Å². The van der Waals surface area contributed by atoms with Crippen molar-refractivity contribution < 1.29 is 4.74 Å². The van der Waals surface area contributed by atoms with Crippen LogP contribution in [0.15, 0.2) is 24.3 Å². The first kappa shape index (κ1) is 10.4. The summed E-state index contributed by atoms with van der Waals surface area (Å²) < 4.78 is 5.23. The maximum absolute atomic E-state index is 6.06. The molecule has 0 aliphatic heterocycles. The van der Waals surface area contributed by atoms with Crippen molar-refractivity contribution in [3.05, 3.63) is 29.8 Å². The van der Waals surface area contributed by atoms with Crippen LogP contribution in [0, 0.1) is 0 Å². The van der Waals surface area contributed by atoms with Gasteiger partial charge in [-0.1, -0.05) is 18.2 Å². The number of halogens is 1. The zero-order chi connectivity index (χ0) is 8.60. The molecular formula is C10H14ClNO. The van der Waals surface area contributed by atoms with E-state index in [9.17, 15) is 0 Å². The van der Waals surface area contributed by atoms with E-state index in [0.717, 1.165) is 24.2 Å². The maximum atomic E-state index is 6.06. The van der Waals surface area contributed by atoms with E-state index < -0.39 is 0 Å². The molecule has 72 valence electrons. The normalized spacial score (nSPS) is 17.4. The average molecular weight is 200 g/mol. The van der Waals surface area contributed by atoms with Crippen LogP contribution in [0.2, 0.25) is 0 Å². The van der Waals surface area contributed by atoms with Crippen LogP contribution >= 0.6 is 12.4 Å². The van der Waals surface area contributed by atoms with Crippen molar-refractivity contribution in [2.45, 2.75) is 18.4 Å². The third-order valence-corrected chi connectivity index (χ3v) is 2.43. The van der Waals surface area contributed by atoms with Gasteiger partial charge in [-0.2, -0.15) is 0 Å². The second-order valence-corrected chi connectivity index (χ2v) is 3.36. The van der Waals surface area contributed by atoms with Crippen molar-refractivity contribution in [1.29, 1.82) is 0 Å². The minimum Gasteiger partial charge on any atom is -0.496 e. The van der Waals surface area contributed by atoms with Crippen LogP contribution in [-0.2, 0) is 5.54 Å². The standard InChI is InChI=1S/C10H13NO.ClH/c1-12-9-5-3-2-4-8(9)10(11)6-7-10;/h2-5H,6-7,11H2,1H3;1H. The maximum Gasteiger partial charge on any atom is 0.123 e. The zero-order valence-corrected chi connectivity index (χ0v) is 8.43. The van der Waals surface area contributed by atoms with Gasteiger partial charge in [-0.05, 0) is 18.9 Å². The lowest BCUT2D eigenvalue weighted by Gasteiger charge is -2.13. The Kier molecular flexibility index (Phi) is 2.84. The Morgan fingerprint density at radius 1 is 1.31 bits per heavy atom.